The Morgan fingerprint density at radius 2 is 1.04 bits per heavy atom. The fraction of sp³-hybridized carbons (Fsp3) is 0.913. The number of hydrogen-bond acceptors (Lipinski definition) is 3. The fourth-order valence-corrected chi connectivity index (χ4v) is 4.30. The Bertz CT molecular complexity index is 375. The van der Waals surface area contributed by atoms with Crippen LogP contribution in [-0.4, -0.2) is 29.5 Å². The summed E-state index contributed by atoms with van der Waals surface area (Å²) >= 11 is 6.92. The molecule has 0 aromatic heterocycles. The summed E-state index contributed by atoms with van der Waals surface area (Å²) in [5.74, 6) is -0.793. The molecule has 0 aliphatic rings. The van der Waals surface area contributed by atoms with E-state index in [0.717, 1.165) is 36.3 Å². The summed E-state index contributed by atoms with van der Waals surface area (Å²) in [5.41, 5.74) is 0. The van der Waals surface area contributed by atoms with Crippen LogP contribution in [0.4, 0.5) is 0 Å². The molecule has 0 radical (unpaired) electrons. The number of hydrogen-bond donors (Lipinski definition) is 0. The number of alkyl halides is 2. The molecule has 0 amide bonds. The average Bonchev–Trinajstić information content (AvgIpc) is 2.70. The molecule has 0 aliphatic carbocycles. The van der Waals surface area contributed by atoms with Gasteiger partial charge in [0, 0.05) is 17.1 Å². The van der Waals surface area contributed by atoms with Crippen molar-refractivity contribution in [1.82, 2.24) is 0 Å². The van der Waals surface area contributed by atoms with Gasteiger partial charge in [-0.2, -0.15) is 0 Å². The Morgan fingerprint density at radius 3 is 1.46 bits per heavy atom. The predicted octanol–water partition coefficient (Wildman–Crippen LogP) is 7.77. The zero-order valence-corrected chi connectivity index (χ0v) is 21.2. The average molecular weight is 526 g/mol. The number of Topliss-reactive ketones (excluding diaryl/α,β-unsaturated/α-hetero) is 1. The molecular weight excluding hydrogens is 484 g/mol. The van der Waals surface area contributed by atoms with Crippen LogP contribution in [0.15, 0.2) is 0 Å². The van der Waals surface area contributed by atoms with E-state index in [1.54, 1.807) is 0 Å². The highest BCUT2D eigenvalue weighted by Gasteiger charge is 2.26. The molecule has 1 unspecified atom stereocenters. The van der Waals surface area contributed by atoms with Gasteiger partial charge in [-0.05, 0) is 25.7 Å². The molecule has 166 valence electrons. The third kappa shape index (κ3) is 17.0. The Kier molecular flexibility index (Phi) is 21.9. The molecule has 0 spiro atoms. The molecule has 28 heavy (non-hydrogen) atoms. The minimum Gasteiger partial charge on any atom is -0.468 e. The summed E-state index contributed by atoms with van der Waals surface area (Å²) in [5, 5.41) is 2.20. The van der Waals surface area contributed by atoms with Crippen LogP contribution in [0.3, 0.4) is 0 Å². The summed E-state index contributed by atoms with van der Waals surface area (Å²) in [7, 11) is 1.39. The van der Waals surface area contributed by atoms with E-state index in [1.807, 2.05) is 0 Å². The van der Waals surface area contributed by atoms with Gasteiger partial charge in [-0.3, -0.25) is 9.59 Å². The highest BCUT2D eigenvalue weighted by atomic mass is 79.9. The molecule has 1 atom stereocenters. The summed E-state index contributed by atoms with van der Waals surface area (Å²) in [6.45, 7) is 0. The summed E-state index contributed by atoms with van der Waals surface area (Å²) in [4.78, 5) is 24.5. The molecule has 0 saturated carbocycles. The van der Waals surface area contributed by atoms with Crippen LogP contribution in [0.25, 0.3) is 0 Å². The first-order valence-electron chi connectivity index (χ1n) is 11.4. The van der Waals surface area contributed by atoms with Gasteiger partial charge in [0.2, 0.25) is 0 Å². The van der Waals surface area contributed by atoms with Crippen molar-refractivity contribution in [2.45, 2.75) is 109 Å². The Hall–Kier alpha value is 0.1000. The molecule has 0 heterocycles. The Morgan fingerprint density at radius 1 is 0.643 bits per heavy atom. The van der Waals surface area contributed by atoms with Gasteiger partial charge in [0.1, 0.15) is 11.7 Å². The van der Waals surface area contributed by atoms with Crippen molar-refractivity contribution < 1.29 is 14.3 Å². The van der Waals surface area contributed by atoms with Gasteiger partial charge in [0.05, 0.1) is 7.11 Å². The van der Waals surface area contributed by atoms with E-state index in [0.29, 0.717) is 12.8 Å². The van der Waals surface area contributed by atoms with E-state index >= 15 is 0 Å². The lowest BCUT2D eigenvalue weighted by Crippen LogP contribution is -2.25. The van der Waals surface area contributed by atoms with Crippen LogP contribution in [0.1, 0.15) is 109 Å². The van der Waals surface area contributed by atoms with Crippen molar-refractivity contribution in [1.29, 1.82) is 0 Å². The van der Waals surface area contributed by atoms with Gasteiger partial charge in [-0.25, -0.2) is 0 Å². The number of halogens is 2. The molecule has 0 N–H and O–H groups in total. The fourth-order valence-electron chi connectivity index (χ4n) is 3.51. The minimum absolute atomic E-state index is 0.0847. The number of methoxy groups -OCH3 is 1. The maximum Gasteiger partial charge on any atom is 0.316 e. The van der Waals surface area contributed by atoms with Crippen LogP contribution in [0.2, 0.25) is 0 Å². The molecule has 0 fully saturated rings. The van der Waals surface area contributed by atoms with Crippen molar-refractivity contribution in [3.63, 3.8) is 0 Å². The largest absolute Gasteiger partial charge is 0.468 e. The van der Waals surface area contributed by atoms with Gasteiger partial charge in [0.15, 0.2) is 0 Å². The minimum atomic E-state index is -0.539. The van der Waals surface area contributed by atoms with Gasteiger partial charge < -0.3 is 4.74 Å². The van der Waals surface area contributed by atoms with E-state index < -0.39 is 5.92 Å². The second-order valence-electron chi connectivity index (χ2n) is 7.76. The number of unbranched alkanes of at least 4 members (excludes halogenated alkanes) is 13. The van der Waals surface area contributed by atoms with Crippen molar-refractivity contribution in [2.24, 2.45) is 5.92 Å². The molecule has 5 heteroatoms. The summed E-state index contributed by atoms with van der Waals surface area (Å²) in [6, 6.07) is 0. The highest BCUT2D eigenvalue weighted by Crippen LogP contribution is 2.18. The van der Waals surface area contributed by atoms with Gasteiger partial charge in [0.25, 0.3) is 0 Å². The monoisotopic (exact) mass is 524 g/mol. The molecule has 0 bridgehead atoms. The molecule has 0 rings (SSSR count). The normalized spacial score (nSPS) is 12.1. The predicted molar refractivity (Wildman–Crippen MR) is 127 cm³/mol. The van der Waals surface area contributed by atoms with Crippen LogP contribution in [0.5, 0.6) is 0 Å². The second-order valence-corrected chi connectivity index (χ2v) is 9.35. The maximum absolute atomic E-state index is 12.5. The van der Waals surface area contributed by atoms with Crippen molar-refractivity contribution in [3.05, 3.63) is 0 Å². The van der Waals surface area contributed by atoms with E-state index in [2.05, 4.69) is 31.9 Å². The van der Waals surface area contributed by atoms with Crippen LogP contribution >= 0.6 is 31.9 Å². The number of carbonyl (C=O) groups excluding carboxylic acids is 2. The molecule has 0 saturated heterocycles. The third-order valence-electron chi connectivity index (χ3n) is 5.31. The molecule has 0 aromatic rings. The maximum atomic E-state index is 12.5. The topological polar surface area (TPSA) is 43.4 Å². The van der Waals surface area contributed by atoms with Crippen molar-refractivity contribution in [2.75, 3.05) is 17.8 Å². The van der Waals surface area contributed by atoms with E-state index in [-0.39, 0.29) is 11.8 Å². The van der Waals surface area contributed by atoms with Gasteiger partial charge in [-0.15, -0.1) is 0 Å². The standard InChI is InChI=1S/C23H42Br2O3/c1-28-23(27)21(17-13-9-5-4-8-12-16-20-25)22(26)18-14-10-6-2-3-7-11-15-19-24/h21H,2-20H2,1H3. The number of rotatable bonds is 21. The van der Waals surface area contributed by atoms with Crippen LogP contribution in [0, 0.1) is 5.92 Å². The zero-order valence-electron chi connectivity index (χ0n) is 18.0. The summed E-state index contributed by atoms with van der Waals surface area (Å²) < 4.78 is 4.88. The lowest BCUT2D eigenvalue weighted by Gasteiger charge is -2.13. The molecule has 3 nitrogen and oxygen atoms in total. The van der Waals surface area contributed by atoms with Gasteiger partial charge >= 0.3 is 5.97 Å². The molecular formula is C23H42Br2O3. The SMILES string of the molecule is COC(=O)C(CCCCCCCCCBr)C(=O)CCCCCCCCCCBr. The third-order valence-corrected chi connectivity index (χ3v) is 6.43. The lowest BCUT2D eigenvalue weighted by atomic mass is 9.93. The quantitative estimate of drug-likeness (QED) is 0.0665. The van der Waals surface area contributed by atoms with Crippen LogP contribution < -0.4 is 0 Å². The second kappa shape index (κ2) is 21.8. The van der Waals surface area contributed by atoms with Crippen molar-refractivity contribution >= 4 is 43.6 Å². The van der Waals surface area contributed by atoms with E-state index in [1.165, 1.54) is 77.7 Å². The van der Waals surface area contributed by atoms with E-state index in [9.17, 15) is 9.59 Å². The van der Waals surface area contributed by atoms with Crippen LogP contribution in [-0.2, 0) is 14.3 Å². The first kappa shape index (κ1) is 28.1. The molecule has 0 aliphatic heterocycles. The smallest absolute Gasteiger partial charge is 0.316 e. The Balaban J connectivity index is 3.84. The highest BCUT2D eigenvalue weighted by molar-refractivity contribution is 9.09. The number of esters is 1. The first-order valence-corrected chi connectivity index (χ1v) is 13.6. The number of ketones is 1. The van der Waals surface area contributed by atoms with E-state index in [4.69, 9.17) is 4.74 Å². The van der Waals surface area contributed by atoms with Crippen molar-refractivity contribution in [3.8, 4) is 0 Å². The lowest BCUT2D eigenvalue weighted by molar-refractivity contribution is -0.149. The number of carbonyl (C=O) groups is 2. The Labute approximate surface area is 190 Å². The first-order chi connectivity index (χ1) is 13.7. The zero-order chi connectivity index (χ0) is 20.9. The number of ether oxygens (including phenoxy) is 1. The molecule has 0 aromatic carbocycles. The summed E-state index contributed by atoms with van der Waals surface area (Å²) in [6.07, 6.45) is 19.1. The van der Waals surface area contributed by atoms with Gasteiger partial charge in [-0.1, -0.05) is 109 Å².